The number of ether oxygens (including phenoxy) is 1. The number of thioether (sulfide) groups is 1. The van der Waals surface area contributed by atoms with Crippen molar-refractivity contribution in [2.45, 2.75) is 11.3 Å². The molecule has 0 spiro atoms. The summed E-state index contributed by atoms with van der Waals surface area (Å²) in [5.74, 6) is -0.295. The Morgan fingerprint density at radius 1 is 1.53 bits per heavy atom. The third kappa shape index (κ3) is 5.46. The number of nitrogens with zero attached hydrogens (tertiary/aromatic N) is 2. The molecule has 1 heterocycles. The minimum absolute atomic E-state index is 0.189. The number of esters is 1. The predicted molar refractivity (Wildman–Crippen MR) is 69.7 cm³/mol. The van der Waals surface area contributed by atoms with Crippen LogP contribution in [0.2, 0.25) is 0 Å². The Morgan fingerprint density at radius 3 is 2.94 bits per heavy atom. The number of anilines is 1. The van der Waals surface area contributed by atoms with Crippen LogP contribution in [0.1, 0.15) is 6.92 Å². The zero-order valence-corrected chi connectivity index (χ0v) is 12.2. The summed E-state index contributed by atoms with van der Waals surface area (Å²) in [6.07, 6.45) is 0. The molecule has 0 radical (unpaired) electrons. The Hall–Kier alpha value is -0.670. The number of halogens is 1. The van der Waals surface area contributed by atoms with Gasteiger partial charge in [0.1, 0.15) is 0 Å². The summed E-state index contributed by atoms with van der Waals surface area (Å²) in [7, 11) is 0. The van der Waals surface area contributed by atoms with Gasteiger partial charge in [0.2, 0.25) is 11.0 Å². The minimum atomic E-state index is -0.293. The summed E-state index contributed by atoms with van der Waals surface area (Å²) < 4.78 is 5.39. The summed E-state index contributed by atoms with van der Waals surface area (Å²) in [5, 5.41) is 10.8. The van der Waals surface area contributed by atoms with Crippen LogP contribution in [0.4, 0.5) is 5.13 Å². The standard InChI is InChI=1S/C8H10BrN3O3S2/c1-2-15-6(14)4-16-8-12-11-7(17-8)10-5(13)3-9/h2-4H2,1H3,(H,10,11,13). The van der Waals surface area contributed by atoms with Crippen LogP contribution in [0.15, 0.2) is 4.34 Å². The number of amides is 1. The van der Waals surface area contributed by atoms with Crippen molar-refractivity contribution < 1.29 is 14.3 Å². The number of carbonyl (C=O) groups is 2. The van der Waals surface area contributed by atoms with Crippen LogP contribution < -0.4 is 5.32 Å². The van der Waals surface area contributed by atoms with Crippen LogP contribution in [0.25, 0.3) is 0 Å². The van der Waals surface area contributed by atoms with Gasteiger partial charge in [-0.05, 0) is 6.92 Å². The number of aromatic nitrogens is 2. The fourth-order valence-corrected chi connectivity index (χ4v) is 2.50. The highest BCUT2D eigenvalue weighted by molar-refractivity contribution is 9.09. The molecule has 9 heteroatoms. The zero-order valence-electron chi connectivity index (χ0n) is 8.93. The smallest absolute Gasteiger partial charge is 0.316 e. The van der Waals surface area contributed by atoms with E-state index in [0.29, 0.717) is 16.1 Å². The minimum Gasteiger partial charge on any atom is -0.465 e. The number of rotatable bonds is 6. The molecule has 0 aliphatic carbocycles. The molecule has 17 heavy (non-hydrogen) atoms. The van der Waals surface area contributed by atoms with Gasteiger partial charge in [0.05, 0.1) is 17.7 Å². The molecule has 94 valence electrons. The van der Waals surface area contributed by atoms with E-state index in [2.05, 4.69) is 31.4 Å². The van der Waals surface area contributed by atoms with Crippen molar-refractivity contribution in [3.05, 3.63) is 0 Å². The Balaban J connectivity index is 2.40. The summed E-state index contributed by atoms with van der Waals surface area (Å²) in [6.45, 7) is 2.11. The highest BCUT2D eigenvalue weighted by atomic mass is 79.9. The summed E-state index contributed by atoms with van der Waals surface area (Å²) >= 11 is 5.47. The van der Waals surface area contributed by atoms with E-state index in [1.54, 1.807) is 6.92 Å². The Labute approximate surface area is 115 Å². The van der Waals surface area contributed by atoms with Crippen LogP contribution in [0.3, 0.4) is 0 Å². The zero-order chi connectivity index (χ0) is 12.7. The molecule has 0 unspecified atom stereocenters. The summed E-state index contributed by atoms with van der Waals surface area (Å²) in [6, 6.07) is 0. The molecule has 1 aromatic heterocycles. The lowest BCUT2D eigenvalue weighted by atomic mass is 10.7. The van der Waals surface area contributed by atoms with Gasteiger partial charge in [-0.2, -0.15) is 0 Å². The number of hydrogen-bond donors (Lipinski definition) is 1. The quantitative estimate of drug-likeness (QED) is 0.366. The lowest BCUT2D eigenvalue weighted by molar-refractivity contribution is -0.139. The molecule has 0 atom stereocenters. The van der Waals surface area contributed by atoms with Gasteiger partial charge in [-0.1, -0.05) is 39.0 Å². The molecule has 0 saturated heterocycles. The van der Waals surface area contributed by atoms with Crippen LogP contribution in [-0.2, 0) is 14.3 Å². The predicted octanol–water partition coefficient (Wildman–Crippen LogP) is 1.53. The van der Waals surface area contributed by atoms with Crippen LogP contribution >= 0.6 is 39.0 Å². The second-order valence-corrected chi connectivity index (χ2v) is 5.41. The van der Waals surface area contributed by atoms with Gasteiger partial charge < -0.3 is 4.74 Å². The third-order valence-corrected chi connectivity index (χ3v) is 3.85. The van der Waals surface area contributed by atoms with Crippen molar-refractivity contribution >= 4 is 56.0 Å². The average molecular weight is 340 g/mol. The van der Waals surface area contributed by atoms with E-state index in [4.69, 9.17) is 4.74 Å². The van der Waals surface area contributed by atoms with Gasteiger partial charge >= 0.3 is 5.97 Å². The van der Waals surface area contributed by atoms with Gasteiger partial charge in [-0.15, -0.1) is 10.2 Å². The molecule has 0 aromatic carbocycles. The maximum atomic E-state index is 11.1. The van der Waals surface area contributed by atoms with E-state index in [1.165, 1.54) is 23.1 Å². The maximum absolute atomic E-state index is 11.1. The van der Waals surface area contributed by atoms with Crippen LogP contribution in [-0.4, -0.2) is 39.8 Å². The maximum Gasteiger partial charge on any atom is 0.316 e. The van der Waals surface area contributed by atoms with Gasteiger partial charge in [0, 0.05) is 0 Å². The van der Waals surface area contributed by atoms with E-state index in [1.807, 2.05) is 0 Å². The monoisotopic (exact) mass is 339 g/mol. The van der Waals surface area contributed by atoms with E-state index in [0.717, 1.165) is 0 Å². The van der Waals surface area contributed by atoms with Crippen molar-refractivity contribution in [2.75, 3.05) is 23.0 Å². The Bertz CT molecular complexity index is 399. The first-order chi connectivity index (χ1) is 8.15. The molecule has 0 fully saturated rings. The number of nitrogens with one attached hydrogen (secondary N) is 1. The highest BCUT2D eigenvalue weighted by Gasteiger charge is 2.09. The lowest BCUT2D eigenvalue weighted by Gasteiger charge is -1.98. The fourth-order valence-electron chi connectivity index (χ4n) is 0.795. The SMILES string of the molecule is CCOC(=O)CSc1nnc(NC(=O)CBr)s1. The second-order valence-electron chi connectivity index (χ2n) is 2.65. The summed E-state index contributed by atoms with van der Waals surface area (Å²) in [4.78, 5) is 22.1. The molecule has 0 aliphatic heterocycles. The molecule has 1 rings (SSSR count). The largest absolute Gasteiger partial charge is 0.465 e. The lowest BCUT2D eigenvalue weighted by Crippen LogP contribution is -2.11. The van der Waals surface area contributed by atoms with Crippen molar-refractivity contribution in [1.29, 1.82) is 0 Å². The second kappa shape index (κ2) is 7.62. The number of hydrogen-bond acceptors (Lipinski definition) is 7. The first-order valence-corrected chi connectivity index (χ1v) is 7.55. The topological polar surface area (TPSA) is 81.2 Å². The van der Waals surface area contributed by atoms with Crippen molar-refractivity contribution in [3.8, 4) is 0 Å². The van der Waals surface area contributed by atoms with Crippen LogP contribution in [0, 0.1) is 0 Å². The van der Waals surface area contributed by atoms with E-state index >= 15 is 0 Å². The molecule has 1 N–H and O–H groups in total. The normalized spacial score (nSPS) is 10.0. The van der Waals surface area contributed by atoms with Crippen molar-refractivity contribution in [1.82, 2.24) is 10.2 Å². The molecule has 1 aromatic rings. The number of carbonyl (C=O) groups excluding carboxylic acids is 2. The van der Waals surface area contributed by atoms with Gasteiger partial charge in [0.15, 0.2) is 4.34 Å². The van der Waals surface area contributed by atoms with Gasteiger partial charge in [-0.3, -0.25) is 14.9 Å². The van der Waals surface area contributed by atoms with Crippen molar-refractivity contribution in [3.63, 3.8) is 0 Å². The van der Waals surface area contributed by atoms with Gasteiger partial charge in [0.25, 0.3) is 0 Å². The highest BCUT2D eigenvalue weighted by Crippen LogP contribution is 2.25. The Morgan fingerprint density at radius 2 is 2.29 bits per heavy atom. The molecule has 6 nitrogen and oxygen atoms in total. The molecule has 0 bridgehead atoms. The van der Waals surface area contributed by atoms with E-state index in [9.17, 15) is 9.59 Å². The van der Waals surface area contributed by atoms with Crippen LogP contribution in [0.5, 0.6) is 0 Å². The first kappa shape index (κ1) is 14.4. The third-order valence-electron chi connectivity index (χ3n) is 1.39. The molecule has 0 saturated carbocycles. The van der Waals surface area contributed by atoms with Crippen molar-refractivity contribution in [2.24, 2.45) is 0 Å². The first-order valence-electron chi connectivity index (χ1n) is 4.63. The number of alkyl halides is 1. The molecule has 0 aliphatic rings. The average Bonchev–Trinajstić information content (AvgIpc) is 2.74. The Kier molecular flexibility index (Phi) is 6.45. The molecule has 1 amide bonds. The van der Waals surface area contributed by atoms with E-state index < -0.39 is 0 Å². The van der Waals surface area contributed by atoms with E-state index in [-0.39, 0.29) is 23.0 Å². The summed E-state index contributed by atoms with van der Waals surface area (Å²) in [5.41, 5.74) is 0. The fraction of sp³-hybridized carbons (Fsp3) is 0.500. The molecular weight excluding hydrogens is 330 g/mol. The van der Waals surface area contributed by atoms with Gasteiger partial charge in [-0.25, -0.2) is 0 Å². The molecular formula is C8H10BrN3O3S2.